The normalized spacial score (nSPS) is 21.1. The van der Waals surface area contributed by atoms with Crippen molar-refractivity contribution in [1.82, 2.24) is 0 Å². The molecule has 0 spiro atoms. The van der Waals surface area contributed by atoms with E-state index in [9.17, 15) is 9.59 Å². The highest BCUT2D eigenvalue weighted by Gasteiger charge is 2.42. The van der Waals surface area contributed by atoms with Gasteiger partial charge in [-0.05, 0) is 43.2 Å². The molecular weight excluding hydrogens is 300 g/mol. The quantitative estimate of drug-likeness (QED) is 0.591. The van der Waals surface area contributed by atoms with Crippen LogP contribution in [0, 0.1) is 0 Å². The third-order valence-corrected chi connectivity index (χ3v) is 4.43. The van der Waals surface area contributed by atoms with Crippen molar-refractivity contribution in [3.05, 3.63) is 23.3 Å². The lowest BCUT2D eigenvalue weighted by atomic mass is 9.90. The summed E-state index contributed by atoms with van der Waals surface area (Å²) in [6, 6.07) is 3.39. The molecule has 1 saturated carbocycles. The molecule has 2 unspecified atom stereocenters. The van der Waals surface area contributed by atoms with Crippen LogP contribution in [0.25, 0.3) is 0 Å². The van der Waals surface area contributed by atoms with Gasteiger partial charge in [-0.2, -0.15) is 0 Å². The number of hydrogen-bond acceptors (Lipinski definition) is 6. The number of ether oxygens (including phenoxy) is 4. The molecule has 0 radical (unpaired) electrons. The van der Waals surface area contributed by atoms with Gasteiger partial charge in [-0.15, -0.1) is 0 Å². The summed E-state index contributed by atoms with van der Waals surface area (Å²) in [5.41, 5.74) is 2.02. The monoisotopic (exact) mass is 320 g/mol. The zero-order valence-corrected chi connectivity index (χ0v) is 13.3. The van der Waals surface area contributed by atoms with Gasteiger partial charge in [-0.1, -0.05) is 0 Å². The Morgan fingerprint density at radius 3 is 1.74 bits per heavy atom. The Balaban J connectivity index is 1.90. The van der Waals surface area contributed by atoms with Crippen LogP contribution in [0.2, 0.25) is 0 Å². The maximum Gasteiger partial charge on any atom is 0.337 e. The van der Waals surface area contributed by atoms with Crippen molar-refractivity contribution in [3.8, 4) is 11.5 Å². The van der Waals surface area contributed by atoms with Gasteiger partial charge in [-0.3, -0.25) is 0 Å². The number of methoxy groups -OCH3 is 2. The van der Waals surface area contributed by atoms with Gasteiger partial charge >= 0.3 is 11.9 Å². The standard InChI is InChI=1S/C17H20O6/c1-20-8-14(18)22-12-5-6-13(23-15(19)9-21-2)17-11-4-3-10(7-11)16(12)17/h5-6,10-11H,3-4,7-9H2,1-2H3. The van der Waals surface area contributed by atoms with Crippen molar-refractivity contribution in [2.75, 3.05) is 27.4 Å². The molecule has 2 aliphatic carbocycles. The maximum absolute atomic E-state index is 11.7. The van der Waals surface area contributed by atoms with E-state index in [-0.39, 0.29) is 13.2 Å². The summed E-state index contributed by atoms with van der Waals surface area (Å²) in [6.45, 7) is -0.180. The molecule has 124 valence electrons. The molecule has 2 bridgehead atoms. The van der Waals surface area contributed by atoms with Crippen LogP contribution >= 0.6 is 0 Å². The lowest BCUT2D eigenvalue weighted by Crippen LogP contribution is -2.18. The molecule has 2 aliphatic rings. The third-order valence-electron chi connectivity index (χ3n) is 4.43. The first-order chi connectivity index (χ1) is 11.1. The van der Waals surface area contributed by atoms with Gasteiger partial charge in [0.15, 0.2) is 0 Å². The minimum atomic E-state index is -0.429. The number of hydrogen-bond donors (Lipinski definition) is 0. The zero-order chi connectivity index (χ0) is 16.4. The second kappa shape index (κ2) is 6.68. The number of carbonyl (C=O) groups is 2. The molecule has 1 aromatic carbocycles. The van der Waals surface area contributed by atoms with E-state index in [0.29, 0.717) is 23.3 Å². The van der Waals surface area contributed by atoms with Crippen LogP contribution in [0.15, 0.2) is 12.1 Å². The molecule has 23 heavy (non-hydrogen) atoms. The molecule has 0 amide bonds. The molecule has 0 aromatic heterocycles. The number of benzene rings is 1. The van der Waals surface area contributed by atoms with Crippen molar-refractivity contribution >= 4 is 11.9 Å². The Morgan fingerprint density at radius 1 is 0.913 bits per heavy atom. The number of carbonyl (C=O) groups excluding carboxylic acids is 2. The van der Waals surface area contributed by atoms with Gasteiger partial charge in [-0.25, -0.2) is 9.59 Å². The van der Waals surface area contributed by atoms with Gasteiger partial charge in [0.1, 0.15) is 24.7 Å². The molecular formula is C17H20O6. The predicted molar refractivity (Wildman–Crippen MR) is 80.8 cm³/mol. The smallest absolute Gasteiger partial charge is 0.337 e. The minimum absolute atomic E-state index is 0.0898. The molecule has 0 heterocycles. The van der Waals surface area contributed by atoms with Gasteiger partial charge in [0, 0.05) is 25.3 Å². The van der Waals surface area contributed by atoms with E-state index >= 15 is 0 Å². The first-order valence-corrected chi connectivity index (χ1v) is 7.70. The summed E-state index contributed by atoms with van der Waals surface area (Å²) >= 11 is 0. The van der Waals surface area contributed by atoms with Gasteiger partial charge in [0.05, 0.1) is 0 Å². The highest BCUT2D eigenvalue weighted by atomic mass is 16.6. The van der Waals surface area contributed by atoms with Crippen molar-refractivity contribution < 1.29 is 28.5 Å². The zero-order valence-electron chi connectivity index (χ0n) is 13.3. The fraction of sp³-hybridized carbons (Fsp3) is 0.529. The van der Waals surface area contributed by atoms with Crippen LogP contribution < -0.4 is 9.47 Å². The highest BCUT2D eigenvalue weighted by Crippen LogP contribution is 2.58. The summed E-state index contributed by atoms with van der Waals surface area (Å²) in [4.78, 5) is 23.4. The summed E-state index contributed by atoms with van der Waals surface area (Å²) < 4.78 is 20.5. The van der Waals surface area contributed by atoms with Crippen LogP contribution in [0.4, 0.5) is 0 Å². The van der Waals surface area contributed by atoms with Crippen LogP contribution in [0.5, 0.6) is 11.5 Å². The van der Waals surface area contributed by atoms with Gasteiger partial charge in [0.2, 0.25) is 0 Å². The topological polar surface area (TPSA) is 71.1 Å². The Bertz CT molecular complexity index is 571. The van der Waals surface area contributed by atoms with Crippen LogP contribution in [-0.2, 0) is 19.1 Å². The fourth-order valence-corrected chi connectivity index (χ4v) is 3.66. The first-order valence-electron chi connectivity index (χ1n) is 7.70. The van der Waals surface area contributed by atoms with E-state index in [1.165, 1.54) is 14.2 Å². The summed E-state index contributed by atoms with van der Waals surface area (Å²) in [7, 11) is 2.90. The first kappa shape index (κ1) is 16.0. The van der Waals surface area contributed by atoms with Crippen molar-refractivity contribution in [3.63, 3.8) is 0 Å². The molecule has 0 aliphatic heterocycles. The molecule has 6 heteroatoms. The molecule has 0 N–H and O–H groups in total. The second-order valence-electron chi connectivity index (χ2n) is 5.91. The lowest BCUT2D eigenvalue weighted by molar-refractivity contribution is -0.139. The van der Waals surface area contributed by atoms with Gasteiger partial charge in [0.25, 0.3) is 0 Å². The van der Waals surface area contributed by atoms with E-state index < -0.39 is 11.9 Å². The maximum atomic E-state index is 11.7. The molecule has 6 nitrogen and oxygen atoms in total. The Hall–Kier alpha value is -1.92. The van der Waals surface area contributed by atoms with Crippen molar-refractivity contribution in [2.24, 2.45) is 0 Å². The summed E-state index contributed by atoms with van der Waals surface area (Å²) in [6.07, 6.45) is 3.16. The number of rotatable bonds is 6. The SMILES string of the molecule is COCC(=O)Oc1ccc(OC(=O)COC)c2c1C1CCC2C1. The lowest BCUT2D eigenvalue weighted by Gasteiger charge is -2.21. The Kier molecular flexibility index (Phi) is 4.63. The van der Waals surface area contributed by atoms with E-state index in [4.69, 9.17) is 18.9 Å². The van der Waals surface area contributed by atoms with E-state index in [0.717, 1.165) is 30.4 Å². The predicted octanol–water partition coefficient (Wildman–Crippen LogP) is 2.15. The third kappa shape index (κ3) is 3.09. The Morgan fingerprint density at radius 2 is 1.35 bits per heavy atom. The second-order valence-corrected chi connectivity index (χ2v) is 5.91. The van der Waals surface area contributed by atoms with E-state index in [1.54, 1.807) is 12.1 Å². The average molecular weight is 320 g/mol. The summed E-state index contributed by atoms with van der Waals surface area (Å²) in [5, 5.41) is 0. The summed E-state index contributed by atoms with van der Waals surface area (Å²) in [5.74, 6) is 0.979. The molecule has 2 atom stereocenters. The molecule has 0 saturated heterocycles. The van der Waals surface area contributed by atoms with Crippen LogP contribution in [0.3, 0.4) is 0 Å². The molecule has 1 fully saturated rings. The van der Waals surface area contributed by atoms with E-state index in [1.807, 2.05) is 0 Å². The minimum Gasteiger partial charge on any atom is -0.425 e. The largest absolute Gasteiger partial charge is 0.425 e. The number of fused-ring (bicyclic) bond motifs is 5. The average Bonchev–Trinajstić information content (AvgIpc) is 3.12. The molecule has 3 rings (SSSR count). The Labute approximate surface area is 134 Å². The van der Waals surface area contributed by atoms with Crippen LogP contribution in [-0.4, -0.2) is 39.4 Å². The van der Waals surface area contributed by atoms with Gasteiger partial charge < -0.3 is 18.9 Å². The van der Waals surface area contributed by atoms with Crippen molar-refractivity contribution in [2.45, 2.75) is 31.1 Å². The highest BCUT2D eigenvalue weighted by molar-refractivity contribution is 5.77. The van der Waals surface area contributed by atoms with E-state index in [2.05, 4.69) is 0 Å². The van der Waals surface area contributed by atoms with Crippen LogP contribution in [0.1, 0.15) is 42.2 Å². The number of esters is 2. The fourth-order valence-electron chi connectivity index (χ4n) is 3.66. The van der Waals surface area contributed by atoms with Crippen molar-refractivity contribution in [1.29, 1.82) is 0 Å². The molecule has 1 aromatic rings.